The molecule has 4 heteroatoms. The summed E-state index contributed by atoms with van der Waals surface area (Å²) in [6.07, 6.45) is 1.19. The minimum Gasteiger partial charge on any atom is -0.468 e. The first-order valence-electron chi connectivity index (χ1n) is 7.16. The van der Waals surface area contributed by atoms with Crippen LogP contribution in [0.25, 0.3) is 0 Å². The number of aryl methyl sites for hydroxylation is 1. The summed E-state index contributed by atoms with van der Waals surface area (Å²) in [5.41, 5.74) is 2.25. The molecular formula is C17H23NO3. The van der Waals surface area contributed by atoms with Crippen LogP contribution >= 0.6 is 0 Å². The van der Waals surface area contributed by atoms with Crippen molar-refractivity contribution in [1.29, 1.82) is 0 Å². The second-order valence-electron chi connectivity index (χ2n) is 5.38. The highest BCUT2D eigenvalue weighted by atomic mass is 16.5. The van der Waals surface area contributed by atoms with Crippen molar-refractivity contribution in [3.8, 4) is 0 Å². The van der Waals surface area contributed by atoms with Crippen LogP contribution in [0.5, 0.6) is 0 Å². The van der Waals surface area contributed by atoms with Crippen LogP contribution in [0, 0.1) is 6.92 Å². The number of nitrogens with zero attached hydrogens (tertiary/aromatic N) is 1. The molecule has 1 aromatic carbocycles. The molecule has 114 valence electrons. The predicted octanol–water partition coefficient (Wildman–Crippen LogP) is 2.60. The Morgan fingerprint density at radius 1 is 1.24 bits per heavy atom. The summed E-state index contributed by atoms with van der Waals surface area (Å²) in [6, 6.07) is 11.9. The van der Waals surface area contributed by atoms with Gasteiger partial charge in [0.15, 0.2) is 0 Å². The molecule has 0 radical (unpaired) electrons. The van der Waals surface area contributed by atoms with Crippen molar-refractivity contribution in [3.63, 3.8) is 0 Å². The van der Waals surface area contributed by atoms with E-state index in [-0.39, 0.29) is 0 Å². The van der Waals surface area contributed by atoms with E-state index in [1.807, 2.05) is 55.3 Å². The maximum Gasteiger partial charge on any atom is 0.120 e. The fourth-order valence-electron chi connectivity index (χ4n) is 2.18. The average molecular weight is 289 g/mol. The molecule has 1 atom stereocenters. The number of benzene rings is 1. The van der Waals surface area contributed by atoms with Crippen molar-refractivity contribution in [2.75, 3.05) is 20.2 Å². The number of aliphatic hydroxyl groups excluding tert-OH is 1. The van der Waals surface area contributed by atoms with E-state index in [0.29, 0.717) is 26.3 Å². The van der Waals surface area contributed by atoms with Gasteiger partial charge in [0, 0.05) is 6.54 Å². The van der Waals surface area contributed by atoms with Gasteiger partial charge in [-0.2, -0.15) is 0 Å². The van der Waals surface area contributed by atoms with Crippen LogP contribution in [0.3, 0.4) is 0 Å². The molecular weight excluding hydrogens is 266 g/mol. The first kappa shape index (κ1) is 15.8. The van der Waals surface area contributed by atoms with Crippen molar-refractivity contribution in [1.82, 2.24) is 4.90 Å². The van der Waals surface area contributed by atoms with Gasteiger partial charge in [-0.15, -0.1) is 0 Å². The standard InChI is InChI=1S/C17H23NO3/c1-14-8-9-21-17(14)11-18(2)10-16(19)13-20-12-15-6-4-3-5-7-15/h3-9,16,19H,10-13H2,1-2H3. The van der Waals surface area contributed by atoms with Gasteiger partial charge in [0.05, 0.1) is 32.1 Å². The summed E-state index contributed by atoms with van der Waals surface area (Å²) in [5.74, 6) is 0.940. The number of likely N-dealkylation sites (N-methyl/N-ethyl adjacent to an activating group) is 1. The second-order valence-corrected chi connectivity index (χ2v) is 5.38. The number of hydrogen-bond donors (Lipinski definition) is 1. The van der Waals surface area contributed by atoms with Gasteiger partial charge in [0.2, 0.25) is 0 Å². The third-order valence-electron chi connectivity index (χ3n) is 3.33. The summed E-state index contributed by atoms with van der Waals surface area (Å²) in [7, 11) is 1.96. The Hall–Kier alpha value is -1.62. The van der Waals surface area contributed by atoms with Gasteiger partial charge >= 0.3 is 0 Å². The van der Waals surface area contributed by atoms with Crippen molar-refractivity contribution >= 4 is 0 Å². The van der Waals surface area contributed by atoms with Crippen LogP contribution in [-0.4, -0.2) is 36.3 Å². The minimum atomic E-state index is -0.506. The Morgan fingerprint density at radius 3 is 2.67 bits per heavy atom. The Kier molecular flexibility index (Phi) is 5.99. The van der Waals surface area contributed by atoms with Gasteiger partial charge < -0.3 is 14.3 Å². The lowest BCUT2D eigenvalue weighted by atomic mass is 10.2. The third kappa shape index (κ3) is 5.34. The predicted molar refractivity (Wildman–Crippen MR) is 81.9 cm³/mol. The minimum absolute atomic E-state index is 0.330. The summed E-state index contributed by atoms with van der Waals surface area (Å²) in [4.78, 5) is 2.03. The molecule has 0 bridgehead atoms. The van der Waals surface area contributed by atoms with E-state index in [4.69, 9.17) is 9.15 Å². The highest BCUT2D eigenvalue weighted by Crippen LogP contribution is 2.11. The summed E-state index contributed by atoms with van der Waals surface area (Å²) >= 11 is 0. The van der Waals surface area contributed by atoms with Crippen molar-refractivity contribution in [2.45, 2.75) is 26.2 Å². The lowest BCUT2D eigenvalue weighted by Crippen LogP contribution is -2.31. The number of ether oxygens (including phenoxy) is 1. The highest BCUT2D eigenvalue weighted by Gasteiger charge is 2.11. The molecule has 0 fully saturated rings. The van der Waals surface area contributed by atoms with Crippen LogP contribution in [-0.2, 0) is 17.9 Å². The largest absolute Gasteiger partial charge is 0.468 e. The third-order valence-corrected chi connectivity index (χ3v) is 3.33. The van der Waals surface area contributed by atoms with E-state index in [9.17, 15) is 5.11 Å². The van der Waals surface area contributed by atoms with Crippen LogP contribution < -0.4 is 0 Å². The Morgan fingerprint density at radius 2 is 2.00 bits per heavy atom. The monoisotopic (exact) mass is 289 g/mol. The van der Waals surface area contributed by atoms with Gasteiger partial charge in [-0.05, 0) is 31.2 Å². The van der Waals surface area contributed by atoms with Gasteiger partial charge in [-0.25, -0.2) is 0 Å². The van der Waals surface area contributed by atoms with Crippen LogP contribution in [0.4, 0.5) is 0 Å². The molecule has 0 saturated heterocycles. The molecule has 1 heterocycles. The summed E-state index contributed by atoms with van der Waals surface area (Å²) < 4.78 is 10.9. The zero-order valence-electron chi connectivity index (χ0n) is 12.7. The number of aliphatic hydroxyl groups is 1. The van der Waals surface area contributed by atoms with Crippen LogP contribution in [0.2, 0.25) is 0 Å². The molecule has 0 saturated carbocycles. The van der Waals surface area contributed by atoms with Crippen LogP contribution in [0.15, 0.2) is 47.1 Å². The molecule has 2 aromatic rings. The average Bonchev–Trinajstić information content (AvgIpc) is 2.85. The van der Waals surface area contributed by atoms with Crippen molar-refractivity contribution in [2.24, 2.45) is 0 Å². The highest BCUT2D eigenvalue weighted by molar-refractivity contribution is 5.14. The SMILES string of the molecule is Cc1ccoc1CN(C)CC(O)COCc1ccccc1. The first-order valence-corrected chi connectivity index (χ1v) is 7.16. The molecule has 21 heavy (non-hydrogen) atoms. The first-order chi connectivity index (χ1) is 10.1. The van der Waals surface area contributed by atoms with E-state index >= 15 is 0 Å². The molecule has 0 amide bonds. The topological polar surface area (TPSA) is 45.8 Å². The summed E-state index contributed by atoms with van der Waals surface area (Å²) in [6.45, 7) is 4.12. The Labute approximate surface area is 126 Å². The van der Waals surface area contributed by atoms with Crippen LogP contribution in [0.1, 0.15) is 16.9 Å². The van der Waals surface area contributed by atoms with E-state index < -0.39 is 6.10 Å². The van der Waals surface area contributed by atoms with Crippen molar-refractivity contribution < 1.29 is 14.3 Å². The lowest BCUT2D eigenvalue weighted by Gasteiger charge is -2.20. The van der Waals surface area contributed by atoms with E-state index in [0.717, 1.165) is 16.9 Å². The zero-order valence-corrected chi connectivity index (χ0v) is 12.7. The number of hydrogen-bond acceptors (Lipinski definition) is 4. The normalized spacial score (nSPS) is 12.8. The Bertz CT molecular complexity index is 524. The van der Waals surface area contributed by atoms with Crippen molar-refractivity contribution in [3.05, 3.63) is 59.5 Å². The van der Waals surface area contributed by atoms with E-state index in [2.05, 4.69) is 0 Å². The van der Waals surface area contributed by atoms with Gasteiger partial charge in [0.1, 0.15) is 5.76 Å². The molecule has 0 aliphatic carbocycles. The van der Waals surface area contributed by atoms with E-state index in [1.165, 1.54) is 0 Å². The van der Waals surface area contributed by atoms with Gasteiger partial charge in [0.25, 0.3) is 0 Å². The Balaban J connectivity index is 1.67. The zero-order chi connectivity index (χ0) is 15.1. The van der Waals surface area contributed by atoms with Gasteiger partial charge in [-0.3, -0.25) is 4.90 Å². The maximum atomic E-state index is 10.00. The molecule has 2 rings (SSSR count). The second kappa shape index (κ2) is 7.98. The fourth-order valence-corrected chi connectivity index (χ4v) is 2.18. The maximum absolute atomic E-state index is 10.00. The molecule has 1 N–H and O–H groups in total. The molecule has 4 nitrogen and oxygen atoms in total. The smallest absolute Gasteiger partial charge is 0.120 e. The van der Waals surface area contributed by atoms with E-state index in [1.54, 1.807) is 6.26 Å². The number of rotatable bonds is 8. The molecule has 1 unspecified atom stereocenters. The quantitative estimate of drug-likeness (QED) is 0.811. The molecule has 0 aliphatic heterocycles. The number of furan rings is 1. The molecule has 0 spiro atoms. The fraction of sp³-hybridized carbons (Fsp3) is 0.412. The van der Waals surface area contributed by atoms with Gasteiger partial charge in [-0.1, -0.05) is 30.3 Å². The lowest BCUT2D eigenvalue weighted by molar-refractivity contribution is 0.0119. The molecule has 1 aromatic heterocycles. The molecule has 0 aliphatic rings. The summed E-state index contributed by atoms with van der Waals surface area (Å²) in [5, 5.41) is 10.00.